The molecule has 2 aromatic rings. The number of anilines is 3. The van der Waals surface area contributed by atoms with Crippen LogP contribution in [0.2, 0.25) is 0 Å². The average molecular weight is 340 g/mol. The van der Waals surface area contributed by atoms with Gasteiger partial charge < -0.3 is 19.6 Å². The Hall–Kier alpha value is -2.34. The second kappa shape index (κ2) is 6.52. The third kappa shape index (κ3) is 2.91. The van der Waals surface area contributed by atoms with Crippen LogP contribution >= 0.6 is 0 Å². The molecule has 0 N–H and O–H groups in total. The lowest BCUT2D eigenvalue weighted by molar-refractivity contribution is 0.312. The molecule has 2 aliphatic rings. The maximum atomic E-state index is 12.2. The molecular weight excluding hydrogens is 316 g/mol. The van der Waals surface area contributed by atoms with E-state index in [2.05, 4.69) is 38.8 Å². The zero-order valence-corrected chi connectivity index (χ0v) is 14.6. The molecule has 0 spiro atoms. The van der Waals surface area contributed by atoms with Crippen molar-refractivity contribution in [1.82, 2.24) is 4.90 Å². The summed E-state index contributed by atoms with van der Waals surface area (Å²) in [6.45, 7) is 6.79. The van der Waals surface area contributed by atoms with Crippen molar-refractivity contribution in [2.45, 2.75) is 0 Å². The summed E-state index contributed by atoms with van der Waals surface area (Å²) in [5, 5.41) is 0. The Morgan fingerprint density at radius 3 is 1.60 bits per heavy atom. The number of rotatable bonds is 3. The number of benzene rings is 1. The smallest absolute Gasteiger partial charge is 0.253 e. The molecule has 2 saturated heterocycles. The van der Waals surface area contributed by atoms with Gasteiger partial charge in [0.1, 0.15) is 11.4 Å². The molecular formula is C19H24N4O2. The number of hydrogen-bond acceptors (Lipinski definition) is 6. The Bertz CT molecular complexity index is 797. The van der Waals surface area contributed by atoms with Crippen molar-refractivity contribution in [3.05, 3.63) is 50.8 Å². The molecule has 2 fully saturated rings. The minimum absolute atomic E-state index is 0.301. The van der Waals surface area contributed by atoms with Crippen LogP contribution in [-0.4, -0.2) is 64.3 Å². The zero-order chi connectivity index (χ0) is 17.4. The van der Waals surface area contributed by atoms with Gasteiger partial charge in [-0.3, -0.25) is 9.59 Å². The van der Waals surface area contributed by atoms with Gasteiger partial charge in [0, 0.05) is 58.0 Å². The lowest BCUT2D eigenvalue weighted by Gasteiger charge is -2.41. The van der Waals surface area contributed by atoms with Gasteiger partial charge in [-0.25, -0.2) is 0 Å². The van der Waals surface area contributed by atoms with E-state index < -0.39 is 0 Å². The molecule has 6 nitrogen and oxygen atoms in total. The first-order chi connectivity index (χ1) is 12.1. The minimum atomic E-state index is -0.304. The van der Waals surface area contributed by atoms with Gasteiger partial charge in [-0.15, -0.1) is 0 Å². The van der Waals surface area contributed by atoms with Crippen LogP contribution in [0.5, 0.6) is 0 Å². The first-order valence-electron chi connectivity index (χ1n) is 8.97. The molecule has 2 aromatic carbocycles. The van der Waals surface area contributed by atoms with E-state index in [-0.39, 0.29) is 10.9 Å². The molecule has 2 heterocycles. The van der Waals surface area contributed by atoms with Gasteiger partial charge in [-0.1, -0.05) is 18.2 Å². The van der Waals surface area contributed by atoms with Crippen LogP contribution in [0.25, 0.3) is 0 Å². The van der Waals surface area contributed by atoms with Crippen molar-refractivity contribution in [2.24, 2.45) is 0 Å². The summed E-state index contributed by atoms with van der Waals surface area (Å²) in [6, 6.07) is 10.3. The van der Waals surface area contributed by atoms with E-state index in [4.69, 9.17) is 0 Å². The highest BCUT2D eigenvalue weighted by Crippen LogP contribution is 2.27. The summed E-state index contributed by atoms with van der Waals surface area (Å²) >= 11 is 0. The predicted octanol–water partition coefficient (Wildman–Crippen LogP) is 0.361. The standard InChI is InChI=1S/C19H24N4O2/c1-20-7-9-22(10-8-20)16-17(19(25)18(16)24)23-13-11-21(12-14-23)15-5-3-2-4-6-15/h2-6H,7-14H2,1H3. The van der Waals surface area contributed by atoms with Gasteiger partial charge in [0.2, 0.25) is 0 Å². The average Bonchev–Trinajstić information content (AvgIpc) is 2.67. The predicted molar refractivity (Wildman–Crippen MR) is 102 cm³/mol. The molecule has 132 valence electrons. The molecule has 0 aliphatic carbocycles. The topological polar surface area (TPSA) is 47.1 Å². The summed E-state index contributed by atoms with van der Waals surface area (Å²) in [5.41, 5.74) is 1.92. The van der Waals surface area contributed by atoms with Crippen LogP contribution in [0.15, 0.2) is 39.9 Å². The van der Waals surface area contributed by atoms with E-state index in [1.165, 1.54) is 5.69 Å². The molecule has 25 heavy (non-hydrogen) atoms. The lowest BCUT2D eigenvalue weighted by Crippen LogP contribution is -2.55. The fourth-order valence-electron chi connectivity index (χ4n) is 3.81. The van der Waals surface area contributed by atoms with Crippen molar-refractivity contribution in [3.8, 4) is 0 Å². The van der Waals surface area contributed by atoms with Crippen molar-refractivity contribution in [2.75, 3.05) is 74.1 Å². The van der Waals surface area contributed by atoms with E-state index in [0.717, 1.165) is 52.4 Å². The molecule has 2 aliphatic heterocycles. The molecule has 0 aromatic heterocycles. The third-order valence-electron chi connectivity index (χ3n) is 5.40. The van der Waals surface area contributed by atoms with Crippen molar-refractivity contribution < 1.29 is 0 Å². The van der Waals surface area contributed by atoms with Gasteiger partial charge in [-0.2, -0.15) is 0 Å². The SMILES string of the molecule is CN1CCN(c2c(N3CCN(c4ccccc4)CC3)c(=O)c2=O)CC1. The number of nitrogens with zero attached hydrogens (tertiary/aromatic N) is 4. The fourth-order valence-corrected chi connectivity index (χ4v) is 3.81. The molecule has 6 heteroatoms. The second-order valence-corrected chi connectivity index (χ2v) is 6.96. The summed E-state index contributed by atoms with van der Waals surface area (Å²) < 4.78 is 0. The molecule has 0 amide bonds. The summed E-state index contributed by atoms with van der Waals surface area (Å²) in [6.07, 6.45) is 0. The lowest BCUT2D eigenvalue weighted by atomic mass is 10.1. The monoisotopic (exact) mass is 340 g/mol. The summed E-state index contributed by atoms with van der Waals surface area (Å²) in [5.74, 6) is 0. The second-order valence-electron chi connectivity index (χ2n) is 6.96. The maximum absolute atomic E-state index is 12.2. The highest BCUT2D eigenvalue weighted by Gasteiger charge is 2.32. The van der Waals surface area contributed by atoms with Crippen LogP contribution < -0.4 is 25.6 Å². The van der Waals surface area contributed by atoms with E-state index in [1.54, 1.807) is 0 Å². The molecule has 0 bridgehead atoms. The Morgan fingerprint density at radius 1 is 0.640 bits per heavy atom. The molecule has 4 rings (SSSR count). The number of piperazine rings is 2. The van der Waals surface area contributed by atoms with Crippen molar-refractivity contribution >= 4 is 17.1 Å². The van der Waals surface area contributed by atoms with Gasteiger partial charge in [0.15, 0.2) is 0 Å². The Balaban J connectivity index is 1.48. The van der Waals surface area contributed by atoms with E-state index in [1.807, 2.05) is 18.2 Å². The van der Waals surface area contributed by atoms with Crippen molar-refractivity contribution in [3.63, 3.8) is 0 Å². The van der Waals surface area contributed by atoms with Crippen LogP contribution in [0.1, 0.15) is 0 Å². The highest BCUT2D eigenvalue weighted by molar-refractivity contribution is 5.77. The first-order valence-corrected chi connectivity index (χ1v) is 8.97. The van der Waals surface area contributed by atoms with E-state index in [9.17, 15) is 9.59 Å². The Kier molecular flexibility index (Phi) is 4.21. The number of hydrogen-bond donors (Lipinski definition) is 0. The van der Waals surface area contributed by atoms with Crippen LogP contribution in [0.3, 0.4) is 0 Å². The van der Waals surface area contributed by atoms with E-state index in [0.29, 0.717) is 11.4 Å². The number of para-hydroxylation sites is 1. The van der Waals surface area contributed by atoms with E-state index >= 15 is 0 Å². The normalized spacial score (nSPS) is 19.6. The third-order valence-corrected chi connectivity index (χ3v) is 5.40. The van der Waals surface area contributed by atoms with Gasteiger partial charge in [-0.05, 0) is 19.2 Å². The summed E-state index contributed by atoms with van der Waals surface area (Å²) in [4.78, 5) is 33.2. The quantitative estimate of drug-likeness (QED) is 0.752. The van der Waals surface area contributed by atoms with Gasteiger partial charge in [0.25, 0.3) is 10.9 Å². The van der Waals surface area contributed by atoms with Crippen LogP contribution in [0.4, 0.5) is 17.1 Å². The van der Waals surface area contributed by atoms with Crippen molar-refractivity contribution in [1.29, 1.82) is 0 Å². The molecule has 0 radical (unpaired) electrons. The molecule has 0 saturated carbocycles. The Labute approximate surface area is 147 Å². The maximum Gasteiger partial charge on any atom is 0.253 e. The summed E-state index contributed by atoms with van der Waals surface area (Å²) in [7, 11) is 2.09. The first kappa shape index (κ1) is 16.1. The molecule has 0 atom stereocenters. The van der Waals surface area contributed by atoms with Crippen LogP contribution in [-0.2, 0) is 0 Å². The largest absolute Gasteiger partial charge is 0.368 e. The zero-order valence-electron chi connectivity index (χ0n) is 14.6. The van der Waals surface area contributed by atoms with Gasteiger partial charge in [0.05, 0.1) is 0 Å². The fraction of sp³-hybridized carbons (Fsp3) is 0.474. The van der Waals surface area contributed by atoms with Gasteiger partial charge >= 0.3 is 0 Å². The van der Waals surface area contributed by atoms with Crippen LogP contribution in [0, 0.1) is 0 Å². The Morgan fingerprint density at radius 2 is 1.08 bits per heavy atom. The minimum Gasteiger partial charge on any atom is -0.368 e. The number of likely N-dealkylation sites (N-methyl/N-ethyl adjacent to an activating group) is 1. The molecule has 0 unspecified atom stereocenters. The highest BCUT2D eigenvalue weighted by atomic mass is 16.2.